The van der Waals surface area contributed by atoms with Crippen LogP contribution in [0.4, 0.5) is 13.2 Å². The molecule has 1 saturated heterocycles. The van der Waals surface area contributed by atoms with E-state index >= 15 is 0 Å². The fraction of sp³-hybridized carbons (Fsp3) is 0.467. The second-order valence-corrected chi connectivity index (χ2v) is 7.99. The molecule has 1 aromatic heterocycles. The van der Waals surface area contributed by atoms with Gasteiger partial charge in [0.05, 0.1) is 12.3 Å². The molecule has 0 spiro atoms. The first-order valence-electron chi connectivity index (χ1n) is 7.85. The zero-order valence-corrected chi connectivity index (χ0v) is 14.5. The van der Waals surface area contributed by atoms with Gasteiger partial charge in [0, 0.05) is 12.1 Å². The molecule has 26 heavy (non-hydrogen) atoms. The molecule has 0 unspecified atom stereocenters. The van der Waals surface area contributed by atoms with Crippen molar-refractivity contribution in [3.05, 3.63) is 30.2 Å². The van der Waals surface area contributed by atoms with Gasteiger partial charge in [-0.25, -0.2) is 8.42 Å². The molecule has 11 heteroatoms. The van der Waals surface area contributed by atoms with Crippen LogP contribution in [0.5, 0.6) is 5.75 Å². The Morgan fingerprint density at radius 3 is 2.58 bits per heavy atom. The molecule has 1 aliphatic heterocycles. The van der Waals surface area contributed by atoms with Gasteiger partial charge in [0.1, 0.15) is 11.9 Å². The van der Waals surface area contributed by atoms with E-state index in [0.717, 1.165) is 0 Å². The van der Waals surface area contributed by atoms with Crippen LogP contribution in [0.15, 0.2) is 28.8 Å². The van der Waals surface area contributed by atoms with E-state index in [1.54, 1.807) is 19.1 Å². The van der Waals surface area contributed by atoms with Gasteiger partial charge in [-0.05, 0) is 37.6 Å². The number of halogens is 3. The first kappa shape index (κ1) is 18.6. The second-order valence-electron chi connectivity index (χ2n) is 5.73. The van der Waals surface area contributed by atoms with Crippen LogP contribution in [-0.4, -0.2) is 47.8 Å². The Morgan fingerprint density at radius 2 is 2.00 bits per heavy atom. The van der Waals surface area contributed by atoms with Crippen molar-refractivity contribution in [2.75, 3.05) is 18.8 Å². The van der Waals surface area contributed by atoms with Crippen LogP contribution in [0.3, 0.4) is 0 Å². The standard InChI is InChI=1S/C15H16F3N3O4S/c1-2-26(22,23)21-8-7-12(9-21)24-11-5-3-10(4-6-11)13-19-14(25-20-13)15(16,17)18/h3-6,12H,2,7-9H2,1H3/t12-/m1/s1. The van der Waals surface area contributed by atoms with Gasteiger partial charge in [0.25, 0.3) is 0 Å². The predicted octanol–water partition coefficient (Wildman–Crippen LogP) is 2.56. The fourth-order valence-electron chi connectivity index (χ4n) is 2.56. The van der Waals surface area contributed by atoms with Crippen molar-refractivity contribution >= 4 is 10.0 Å². The molecule has 1 atom stereocenters. The van der Waals surface area contributed by atoms with E-state index in [2.05, 4.69) is 14.7 Å². The third-order valence-corrected chi connectivity index (χ3v) is 5.80. The van der Waals surface area contributed by atoms with Crippen molar-refractivity contribution in [2.24, 2.45) is 0 Å². The molecule has 1 aromatic carbocycles. The van der Waals surface area contributed by atoms with Gasteiger partial charge in [-0.15, -0.1) is 0 Å². The summed E-state index contributed by atoms with van der Waals surface area (Å²) in [5, 5.41) is 3.31. The lowest BCUT2D eigenvalue weighted by Gasteiger charge is -2.16. The topological polar surface area (TPSA) is 85.5 Å². The molecule has 0 amide bonds. The lowest BCUT2D eigenvalue weighted by Crippen LogP contribution is -2.32. The van der Waals surface area contributed by atoms with E-state index in [-0.39, 0.29) is 24.2 Å². The fourth-order valence-corrected chi connectivity index (χ4v) is 3.70. The molecule has 0 radical (unpaired) electrons. The van der Waals surface area contributed by atoms with Gasteiger partial charge in [-0.1, -0.05) is 5.16 Å². The van der Waals surface area contributed by atoms with E-state index in [9.17, 15) is 21.6 Å². The minimum absolute atomic E-state index is 0.0407. The minimum atomic E-state index is -4.69. The van der Waals surface area contributed by atoms with Crippen LogP contribution >= 0.6 is 0 Å². The Morgan fingerprint density at radius 1 is 1.31 bits per heavy atom. The van der Waals surface area contributed by atoms with Gasteiger partial charge < -0.3 is 9.26 Å². The Balaban J connectivity index is 1.65. The minimum Gasteiger partial charge on any atom is -0.489 e. The molecule has 0 saturated carbocycles. The van der Waals surface area contributed by atoms with E-state index in [0.29, 0.717) is 24.3 Å². The number of nitrogens with zero attached hydrogens (tertiary/aromatic N) is 3. The average Bonchev–Trinajstić information content (AvgIpc) is 3.25. The van der Waals surface area contributed by atoms with Crippen molar-refractivity contribution in [3.63, 3.8) is 0 Å². The van der Waals surface area contributed by atoms with Crippen LogP contribution in [-0.2, 0) is 16.2 Å². The second kappa shape index (κ2) is 6.88. The number of ether oxygens (including phenoxy) is 1. The van der Waals surface area contributed by atoms with Crippen molar-refractivity contribution in [2.45, 2.75) is 25.6 Å². The highest BCUT2D eigenvalue weighted by Crippen LogP contribution is 2.30. The Kier molecular flexibility index (Phi) is 4.93. The summed E-state index contributed by atoms with van der Waals surface area (Å²) < 4.78 is 72.5. The highest BCUT2D eigenvalue weighted by molar-refractivity contribution is 7.89. The first-order valence-corrected chi connectivity index (χ1v) is 9.46. The van der Waals surface area contributed by atoms with Crippen LogP contribution in [0.1, 0.15) is 19.2 Å². The number of benzene rings is 1. The maximum Gasteiger partial charge on any atom is 0.471 e. The summed E-state index contributed by atoms with van der Waals surface area (Å²) in [5.74, 6) is -1.06. The maximum absolute atomic E-state index is 12.5. The van der Waals surface area contributed by atoms with Crippen LogP contribution < -0.4 is 4.74 Å². The zero-order valence-electron chi connectivity index (χ0n) is 13.7. The average molecular weight is 391 g/mol. The largest absolute Gasteiger partial charge is 0.489 e. The molecule has 142 valence electrons. The van der Waals surface area contributed by atoms with Crippen molar-refractivity contribution in [3.8, 4) is 17.1 Å². The van der Waals surface area contributed by atoms with Gasteiger partial charge in [0.2, 0.25) is 15.8 Å². The van der Waals surface area contributed by atoms with E-state index in [4.69, 9.17) is 4.74 Å². The number of hydrogen-bond donors (Lipinski definition) is 0. The summed E-state index contributed by atoms with van der Waals surface area (Å²) in [6, 6.07) is 6.15. The predicted molar refractivity (Wildman–Crippen MR) is 84.8 cm³/mol. The third-order valence-electron chi connectivity index (χ3n) is 3.95. The molecule has 2 heterocycles. The summed E-state index contributed by atoms with van der Waals surface area (Å²) >= 11 is 0. The summed E-state index contributed by atoms with van der Waals surface area (Å²) in [6.45, 7) is 2.27. The highest BCUT2D eigenvalue weighted by atomic mass is 32.2. The third kappa shape index (κ3) is 3.98. The Bertz CT molecular complexity index is 865. The Labute approximate surface area is 147 Å². The number of alkyl halides is 3. The summed E-state index contributed by atoms with van der Waals surface area (Å²) in [7, 11) is -3.24. The van der Waals surface area contributed by atoms with Gasteiger partial charge in [0.15, 0.2) is 0 Å². The molecule has 3 rings (SSSR count). The SMILES string of the molecule is CCS(=O)(=O)N1CC[C@@H](Oc2ccc(-c3noc(C(F)(F)F)n3)cc2)C1. The lowest BCUT2D eigenvalue weighted by molar-refractivity contribution is -0.159. The van der Waals surface area contributed by atoms with Crippen LogP contribution in [0, 0.1) is 0 Å². The molecular formula is C15H16F3N3O4S. The molecule has 7 nitrogen and oxygen atoms in total. The van der Waals surface area contributed by atoms with E-state index in [1.165, 1.54) is 16.4 Å². The highest BCUT2D eigenvalue weighted by Gasteiger charge is 2.38. The normalized spacial score (nSPS) is 19.0. The lowest BCUT2D eigenvalue weighted by atomic mass is 10.2. The maximum atomic E-state index is 12.5. The quantitative estimate of drug-likeness (QED) is 0.779. The molecule has 1 aliphatic rings. The molecule has 0 bridgehead atoms. The molecular weight excluding hydrogens is 375 g/mol. The van der Waals surface area contributed by atoms with Crippen molar-refractivity contribution in [1.29, 1.82) is 0 Å². The number of hydrogen-bond acceptors (Lipinski definition) is 6. The van der Waals surface area contributed by atoms with E-state index in [1.807, 2.05) is 0 Å². The smallest absolute Gasteiger partial charge is 0.471 e. The summed E-state index contributed by atoms with van der Waals surface area (Å²) in [5.41, 5.74) is 0.346. The van der Waals surface area contributed by atoms with Crippen molar-refractivity contribution < 1.29 is 30.8 Å². The number of sulfonamides is 1. The van der Waals surface area contributed by atoms with E-state index < -0.39 is 22.1 Å². The zero-order chi connectivity index (χ0) is 18.9. The Hall–Kier alpha value is -2.14. The van der Waals surface area contributed by atoms with Crippen LogP contribution in [0.2, 0.25) is 0 Å². The molecule has 0 aliphatic carbocycles. The molecule has 0 N–H and O–H groups in total. The summed E-state index contributed by atoms with van der Waals surface area (Å²) in [6.07, 6.45) is -4.40. The molecule has 2 aromatic rings. The van der Waals surface area contributed by atoms with Gasteiger partial charge in [-0.3, -0.25) is 0 Å². The first-order chi connectivity index (χ1) is 12.2. The van der Waals surface area contributed by atoms with Crippen LogP contribution in [0.25, 0.3) is 11.4 Å². The number of rotatable bonds is 5. The van der Waals surface area contributed by atoms with Gasteiger partial charge in [-0.2, -0.15) is 22.5 Å². The monoisotopic (exact) mass is 391 g/mol. The van der Waals surface area contributed by atoms with Gasteiger partial charge >= 0.3 is 12.1 Å². The molecule has 1 fully saturated rings. The summed E-state index contributed by atoms with van der Waals surface area (Å²) in [4.78, 5) is 3.31. The van der Waals surface area contributed by atoms with Crippen molar-refractivity contribution in [1.82, 2.24) is 14.4 Å². The number of aromatic nitrogens is 2.